The van der Waals surface area contributed by atoms with Crippen LogP contribution in [0.3, 0.4) is 0 Å². The average Bonchev–Trinajstić information content (AvgIpc) is 3.29. The maximum absolute atomic E-state index is 13.9. The van der Waals surface area contributed by atoms with Gasteiger partial charge in [0.05, 0.1) is 0 Å². The second-order valence-corrected chi connectivity index (χ2v) is 8.06. The molecular formula is C20H23ClFN5O. The maximum Gasteiger partial charge on any atom is 0.257 e. The number of nitrogens with one attached hydrogen (secondary N) is 1. The van der Waals surface area contributed by atoms with Gasteiger partial charge < -0.3 is 16.0 Å². The van der Waals surface area contributed by atoms with Crippen molar-refractivity contribution in [3.8, 4) is 11.4 Å². The number of alkyl halides is 1. The van der Waals surface area contributed by atoms with Gasteiger partial charge in [0.2, 0.25) is 0 Å². The normalized spacial score (nSPS) is 20.3. The molecule has 1 saturated carbocycles. The quantitative estimate of drug-likeness (QED) is 0.801. The van der Waals surface area contributed by atoms with Crippen molar-refractivity contribution in [2.24, 2.45) is 5.73 Å². The first-order chi connectivity index (χ1) is 13.4. The van der Waals surface area contributed by atoms with E-state index in [1.807, 2.05) is 25.1 Å². The van der Waals surface area contributed by atoms with Crippen LogP contribution in [-0.2, 0) is 11.3 Å². The first kappa shape index (κ1) is 19.1. The molecule has 8 heteroatoms. The molecule has 148 valence electrons. The predicted molar refractivity (Wildman–Crippen MR) is 107 cm³/mol. The minimum Gasteiger partial charge on any atom is -0.355 e. The molecule has 0 spiro atoms. The van der Waals surface area contributed by atoms with Crippen LogP contribution in [0.2, 0.25) is 5.02 Å². The number of aryl methyl sites for hydroxylation is 1. The van der Waals surface area contributed by atoms with Crippen molar-refractivity contribution >= 4 is 23.3 Å². The third kappa shape index (κ3) is 3.82. The second kappa shape index (κ2) is 7.29. The maximum atomic E-state index is 13.9. The Hall–Kier alpha value is -2.25. The Balaban J connectivity index is 1.63. The number of nitrogens with zero attached hydrogens (tertiary/aromatic N) is 3. The molecule has 6 nitrogen and oxygen atoms in total. The summed E-state index contributed by atoms with van der Waals surface area (Å²) in [5, 5.41) is 3.33. The molecule has 3 N–H and O–H groups in total. The van der Waals surface area contributed by atoms with Crippen LogP contribution in [0.25, 0.3) is 11.4 Å². The smallest absolute Gasteiger partial charge is 0.257 e. The number of rotatable bonds is 5. The zero-order valence-electron chi connectivity index (χ0n) is 15.7. The Labute approximate surface area is 168 Å². The van der Waals surface area contributed by atoms with Crippen LogP contribution < -0.4 is 16.0 Å². The SMILES string of the molecule is Cc1ccc(-c2ncc(CNC(=O)C3(F)CC3)c(N3CCC(N)C3)n2)cc1Cl. The molecule has 1 aliphatic heterocycles. The van der Waals surface area contributed by atoms with Crippen molar-refractivity contribution in [3.63, 3.8) is 0 Å². The van der Waals surface area contributed by atoms with Gasteiger partial charge in [-0.05, 0) is 37.8 Å². The number of anilines is 1. The van der Waals surface area contributed by atoms with Gasteiger partial charge in [0.15, 0.2) is 11.5 Å². The lowest BCUT2D eigenvalue weighted by Crippen LogP contribution is -2.34. The van der Waals surface area contributed by atoms with E-state index in [4.69, 9.17) is 22.3 Å². The standard InChI is InChI=1S/C20H23ClFN5O/c1-12-2-3-13(8-16(12)21)17-24-9-14(10-25-19(28)20(22)5-6-20)18(26-17)27-7-4-15(23)11-27/h2-3,8-9,15H,4-7,10-11,23H2,1H3,(H,25,28). The summed E-state index contributed by atoms with van der Waals surface area (Å²) in [4.78, 5) is 23.3. The van der Waals surface area contributed by atoms with Crippen molar-refractivity contribution in [1.82, 2.24) is 15.3 Å². The van der Waals surface area contributed by atoms with E-state index in [0.717, 1.165) is 35.5 Å². The number of hydrogen-bond donors (Lipinski definition) is 2. The van der Waals surface area contributed by atoms with Gasteiger partial charge in [-0.1, -0.05) is 23.7 Å². The fraction of sp³-hybridized carbons (Fsp3) is 0.450. The van der Waals surface area contributed by atoms with Crippen LogP contribution in [0.4, 0.5) is 10.2 Å². The van der Waals surface area contributed by atoms with Crippen LogP contribution in [0.15, 0.2) is 24.4 Å². The van der Waals surface area contributed by atoms with E-state index in [0.29, 0.717) is 17.4 Å². The van der Waals surface area contributed by atoms with Gasteiger partial charge in [0.1, 0.15) is 5.82 Å². The summed E-state index contributed by atoms with van der Waals surface area (Å²) in [6.07, 6.45) is 3.13. The van der Waals surface area contributed by atoms with Crippen molar-refractivity contribution < 1.29 is 9.18 Å². The molecule has 1 unspecified atom stereocenters. The summed E-state index contributed by atoms with van der Waals surface area (Å²) in [5.74, 6) is 0.709. The number of amides is 1. The van der Waals surface area contributed by atoms with E-state index in [1.54, 1.807) is 6.20 Å². The average molecular weight is 404 g/mol. The third-order valence-corrected chi connectivity index (χ3v) is 5.74. The first-order valence-corrected chi connectivity index (χ1v) is 9.84. The number of carbonyl (C=O) groups is 1. The van der Waals surface area contributed by atoms with Crippen LogP contribution in [0.1, 0.15) is 30.4 Å². The van der Waals surface area contributed by atoms with Gasteiger partial charge in [-0.15, -0.1) is 0 Å². The number of hydrogen-bond acceptors (Lipinski definition) is 5. The first-order valence-electron chi connectivity index (χ1n) is 9.46. The molecule has 2 aliphatic rings. The summed E-state index contributed by atoms with van der Waals surface area (Å²) in [5.41, 5.74) is 6.91. The van der Waals surface area contributed by atoms with Gasteiger partial charge in [-0.25, -0.2) is 14.4 Å². The van der Waals surface area contributed by atoms with Crippen LogP contribution >= 0.6 is 11.6 Å². The summed E-state index contributed by atoms with van der Waals surface area (Å²) in [7, 11) is 0. The Bertz CT molecular complexity index is 917. The molecule has 1 aromatic heterocycles. The molecule has 1 aliphatic carbocycles. The zero-order chi connectivity index (χ0) is 19.9. The number of nitrogens with two attached hydrogens (primary N) is 1. The molecule has 2 fully saturated rings. The summed E-state index contributed by atoms with van der Waals surface area (Å²) < 4.78 is 13.9. The lowest BCUT2D eigenvalue weighted by molar-refractivity contribution is -0.127. The molecule has 2 heterocycles. The summed E-state index contributed by atoms with van der Waals surface area (Å²) in [6.45, 7) is 3.58. The Morgan fingerprint density at radius 1 is 1.46 bits per heavy atom. The van der Waals surface area contributed by atoms with E-state index in [1.165, 1.54) is 0 Å². The summed E-state index contributed by atoms with van der Waals surface area (Å²) in [6, 6.07) is 5.77. The molecule has 0 radical (unpaired) electrons. The van der Waals surface area contributed by atoms with Crippen LogP contribution in [0.5, 0.6) is 0 Å². The summed E-state index contributed by atoms with van der Waals surface area (Å²) >= 11 is 6.25. The minimum atomic E-state index is -1.70. The molecular weight excluding hydrogens is 381 g/mol. The fourth-order valence-electron chi connectivity index (χ4n) is 3.32. The van der Waals surface area contributed by atoms with Gasteiger partial charge >= 0.3 is 0 Å². The number of benzene rings is 1. The molecule has 4 rings (SSSR count). The molecule has 0 bridgehead atoms. The topological polar surface area (TPSA) is 84.1 Å². The molecule has 1 amide bonds. The highest BCUT2D eigenvalue weighted by molar-refractivity contribution is 6.31. The van der Waals surface area contributed by atoms with E-state index < -0.39 is 11.6 Å². The second-order valence-electron chi connectivity index (χ2n) is 7.65. The van der Waals surface area contributed by atoms with Gasteiger partial charge in [0.25, 0.3) is 5.91 Å². The van der Waals surface area contributed by atoms with Gasteiger partial charge in [-0.2, -0.15) is 0 Å². The van der Waals surface area contributed by atoms with E-state index in [-0.39, 0.29) is 25.4 Å². The monoisotopic (exact) mass is 403 g/mol. The molecule has 1 aromatic carbocycles. The molecule has 2 aromatic rings. The van der Waals surface area contributed by atoms with Crippen LogP contribution in [-0.4, -0.2) is 40.7 Å². The highest BCUT2D eigenvalue weighted by Gasteiger charge is 2.50. The Morgan fingerprint density at radius 2 is 2.25 bits per heavy atom. The number of carbonyl (C=O) groups excluding carboxylic acids is 1. The molecule has 28 heavy (non-hydrogen) atoms. The van der Waals surface area contributed by atoms with Gasteiger partial charge in [-0.3, -0.25) is 4.79 Å². The van der Waals surface area contributed by atoms with Crippen molar-refractivity contribution in [1.29, 1.82) is 0 Å². The Morgan fingerprint density at radius 3 is 2.89 bits per heavy atom. The highest BCUT2D eigenvalue weighted by atomic mass is 35.5. The fourth-order valence-corrected chi connectivity index (χ4v) is 3.50. The lowest BCUT2D eigenvalue weighted by Gasteiger charge is -2.21. The predicted octanol–water partition coefficient (Wildman–Crippen LogP) is 2.76. The zero-order valence-corrected chi connectivity index (χ0v) is 16.5. The van der Waals surface area contributed by atoms with E-state index in [2.05, 4.69) is 15.2 Å². The largest absolute Gasteiger partial charge is 0.355 e. The highest BCUT2D eigenvalue weighted by Crippen LogP contribution is 2.40. The number of aromatic nitrogens is 2. The molecule has 1 saturated heterocycles. The van der Waals surface area contributed by atoms with Gasteiger partial charge in [0, 0.05) is 48.0 Å². The van der Waals surface area contributed by atoms with E-state index >= 15 is 0 Å². The van der Waals surface area contributed by atoms with Crippen LogP contribution in [0, 0.1) is 6.92 Å². The third-order valence-electron chi connectivity index (χ3n) is 5.33. The Kier molecular flexibility index (Phi) is 4.97. The van der Waals surface area contributed by atoms with Crippen molar-refractivity contribution in [3.05, 3.63) is 40.5 Å². The van der Waals surface area contributed by atoms with Crippen molar-refractivity contribution in [2.75, 3.05) is 18.0 Å². The number of halogens is 2. The van der Waals surface area contributed by atoms with Crippen molar-refractivity contribution in [2.45, 2.75) is 44.4 Å². The minimum absolute atomic E-state index is 0.0789. The molecule has 1 atom stereocenters. The lowest BCUT2D eigenvalue weighted by atomic mass is 10.1. The van der Waals surface area contributed by atoms with E-state index in [9.17, 15) is 9.18 Å².